The van der Waals surface area contributed by atoms with Crippen LogP contribution in [-0.4, -0.2) is 31.8 Å². The minimum absolute atomic E-state index is 0.763. The van der Waals surface area contributed by atoms with E-state index >= 15 is 0 Å². The van der Waals surface area contributed by atoms with Crippen molar-refractivity contribution in [3.63, 3.8) is 0 Å². The molecule has 1 aromatic carbocycles. The lowest BCUT2D eigenvalue weighted by Gasteiger charge is -2.07. The summed E-state index contributed by atoms with van der Waals surface area (Å²) in [6, 6.07) is 8.45. The Morgan fingerprint density at radius 1 is 1.30 bits per heavy atom. The number of fused-ring (bicyclic) bond motifs is 1. The van der Waals surface area contributed by atoms with E-state index in [1.807, 2.05) is 12.4 Å². The Kier molecular flexibility index (Phi) is 5.71. The standard InChI is InChI=1S/C17H22N2O/c1-14(5-4-9-18-11-12-20-2)16-7-3-6-15-13-19-10-8-17(15)16/h3,5-8,10,13,18H,4,9,11-12H2,1-2H3. The predicted octanol–water partition coefficient (Wildman–Crippen LogP) is 3.26. The lowest BCUT2D eigenvalue weighted by atomic mass is 10.00. The van der Waals surface area contributed by atoms with Crippen LogP contribution in [0.25, 0.3) is 16.3 Å². The third kappa shape index (κ3) is 3.89. The van der Waals surface area contributed by atoms with Gasteiger partial charge >= 0.3 is 0 Å². The van der Waals surface area contributed by atoms with Gasteiger partial charge in [0.2, 0.25) is 0 Å². The summed E-state index contributed by atoms with van der Waals surface area (Å²) < 4.78 is 5.00. The van der Waals surface area contributed by atoms with Crippen molar-refractivity contribution in [1.29, 1.82) is 0 Å². The van der Waals surface area contributed by atoms with E-state index in [0.717, 1.165) is 26.1 Å². The van der Waals surface area contributed by atoms with Crippen LogP contribution >= 0.6 is 0 Å². The third-order valence-corrected chi connectivity index (χ3v) is 3.36. The van der Waals surface area contributed by atoms with Gasteiger partial charge in [-0.2, -0.15) is 0 Å². The van der Waals surface area contributed by atoms with Crippen molar-refractivity contribution in [1.82, 2.24) is 10.3 Å². The molecule has 1 N–H and O–H groups in total. The predicted molar refractivity (Wildman–Crippen MR) is 84.8 cm³/mol. The Balaban J connectivity index is 2.02. The molecule has 1 heterocycles. The highest BCUT2D eigenvalue weighted by atomic mass is 16.5. The number of ether oxygens (including phenoxy) is 1. The second kappa shape index (κ2) is 7.78. The van der Waals surface area contributed by atoms with Crippen LogP contribution in [0.15, 0.2) is 42.7 Å². The van der Waals surface area contributed by atoms with E-state index in [1.54, 1.807) is 7.11 Å². The van der Waals surface area contributed by atoms with Crippen molar-refractivity contribution in [2.45, 2.75) is 13.3 Å². The van der Waals surface area contributed by atoms with Crippen LogP contribution in [0, 0.1) is 0 Å². The van der Waals surface area contributed by atoms with E-state index < -0.39 is 0 Å². The normalized spacial score (nSPS) is 12.0. The molecule has 2 aromatic rings. The maximum atomic E-state index is 5.00. The molecule has 3 nitrogen and oxygen atoms in total. The van der Waals surface area contributed by atoms with Crippen molar-refractivity contribution in [3.05, 3.63) is 48.3 Å². The zero-order valence-electron chi connectivity index (χ0n) is 12.2. The molecule has 3 heteroatoms. The molecule has 0 aliphatic carbocycles. The quantitative estimate of drug-likeness (QED) is 0.784. The van der Waals surface area contributed by atoms with Crippen LogP contribution in [0.4, 0.5) is 0 Å². The number of nitrogens with one attached hydrogen (secondary N) is 1. The molecular formula is C17H22N2O. The van der Waals surface area contributed by atoms with Gasteiger partial charge in [0.25, 0.3) is 0 Å². The number of aromatic nitrogens is 1. The first kappa shape index (κ1) is 14.7. The first-order valence-electron chi connectivity index (χ1n) is 7.02. The van der Waals surface area contributed by atoms with E-state index in [2.05, 4.69) is 47.6 Å². The van der Waals surface area contributed by atoms with Gasteiger partial charge in [0, 0.05) is 31.4 Å². The summed E-state index contributed by atoms with van der Waals surface area (Å²) in [4.78, 5) is 4.18. The molecule has 0 saturated heterocycles. The zero-order chi connectivity index (χ0) is 14.2. The van der Waals surface area contributed by atoms with Crippen molar-refractivity contribution in [2.24, 2.45) is 0 Å². The van der Waals surface area contributed by atoms with E-state index in [4.69, 9.17) is 4.74 Å². The monoisotopic (exact) mass is 270 g/mol. The van der Waals surface area contributed by atoms with E-state index in [9.17, 15) is 0 Å². The number of rotatable bonds is 7. The van der Waals surface area contributed by atoms with Crippen LogP contribution in [0.2, 0.25) is 0 Å². The van der Waals surface area contributed by atoms with Crippen molar-refractivity contribution in [3.8, 4) is 0 Å². The second-order valence-electron chi connectivity index (χ2n) is 4.82. The fraction of sp³-hybridized carbons (Fsp3) is 0.353. The molecule has 0 atom stereocenters. The maximum absolute atomic E-state index is 5.00. The SMILES string of the molecule is COCCNCCC=C(C)c1cccc2cnccc12. The highest BCUT2D eigenvalue weighted by Gasteiger charge is 2.01. The first-order valence-corrected chi connectivity index (χ1v) is 7.02. The smallest absolute Gasteiger partial charge is 0.0587 e. The lowest BCUT2D eigenvalue weighted by molar-refractivity contribution is 0.199. The fourth-order valence-corrected chi connectivity index (χ4v) is 2.27. The van der Waals surface area contributed by atoms with Crippen LogP contribution in [-0.2, 0) is 4.74 Å². The van der Waals surface area contributed by atoms with E-state index in [0.29, 0.717) is 0 Å². The molecule has 2 rings (SSSR count). The van der Waals surface area contributed by atoms with Gasteiger partial charge in [0.1, 0.15) is 0 Å². The molecule has 0 spiro atoms. The molecule has 0 radical (unpaired) electrons. The highest BCUT2D eigenvalue weighted by Crippen LogP contribution is 2.24. The van der Waals surface area contributed by atoms with Crippen molar-refractivity contribution in [2.75, 3.05) is 26.8 Å². The van der Waals surface area contributed by atoms with Crippen LogP contribution < -0.4 is 5.32 Å². The first-order chi connectivity index (χ1) is 9.83. The van der Waals surface area contributed by atoms with E-state index in [1.165, 1.54) is 21.9 Å². The average Bonchev–Trinajstić information content (AvgIpc) is 2.50. The number of methoxy groups -OCH3 is 1. The second-order valence-corrected chi connectivity index (χ2v) is 4.82. The Morgan fingerprint density at radius 2 is 2.20 bits per heavy atom. The molecule has 0 unspecified atom stereocenters. The van der Waals surface area contributed by atoms with Crippen molar-refractivity contribution >= 4 is 16.3 Å². The number of nitrogens with zero attached hydrogens (tertiary/aromatic N) is 1. The number of hydrogen-bond donors (Lipinski definition) is 1. The minimum atomic E-state index is 0.763. The number of pyridine rings is 1. The van der Waals surface area contributed by atoms with Crippen LogP contribution in [0.5, 0.6) is 0 Å². The molecule has 0 aliphatic heterocycles. The zero-order valence-corrected chi connectivity index (χ0v) is 12.2. The van der Waals surface area contributed by atoms with Gasteiger partial charge in [-0.15, -0.1) is 0 Å². The van der Waals surface area contributed by atoms with Gasteiger partial charge in [0.05, 0.1) is 6.61 Å². The molecule has 0 bridgehead atoms. The van der Waals surface area contributed by atoms with E-state index in [-0.39, 0.29) is 0 Å². The number of hydrogen-bond acceptors (Lipinski definition) is 3. The van der Waals surface area contributed by atoms with Gasteiger partial charge < -0.3 is 10.1 Å². The summed E-state index contributed by atoms with van der Waals surface area (Å²) in [5.74, 6) is 0. The molecule has 106 valence electrons. The Labute approximate surface area is 120 Å². The van der Waals surface area contributed by atoms with Crippen LogP contribution in [0.3, 0.4) is 0 Å². The topological polar surface area (TPSA) is 34.1 Å². The van der Waals surface area contributed by atoms with Gasteiger partial charge in [-0.25, -0.2) is 0 Å². The van der Waals surface area contributed by atoms with Gasteiger partial charge in [-0.05, 0) is 42.5 Å². The van der Waals surface area contributed by atoms with Gasteiger partial charge in [0.15, 0.2) is 0 Å². The van der Waals surface area contributed by atoms with Gasteiger partial charge in [-0.3, -0.25) is 4.98 Å². The molecule has 0 aliphatic rings. The summed E-state index contributed by atoms with van der Waals surface area (Å²) >= 11 is 0. The molecule has 1 aromatic heterocycles. The molecule has 20 heavy (non-hydrogen) atoms. The Hall–Kier alpha value is -1.71. The highest BCUT2D eigenvalue weighted by molar-refractivity contribution is 5.92. The Morgan fingerprint density at radius 3 is 3.05 bits per heavy atom. The number of allylic oxidation sites excluding steroid dienone is 1. The summed E-state index contributed by atoms with van der Waals surface area (Å²) in [6.07, 6.45) is 7.08. The maximum Gasteiger partial charge on any atom is 0.0587 e. The summed E-state index contributed by atoms with van der Waals surface area (Å²) in [7, 11) is 1.72. The fourth-order valence-electron chi connectivity index (χ4n) is 2.27. The lowest BCUT2D eigenvalue weighted by Crippen LogP contribution is -2.19. The summed E-state index contributed by atoms with van der Waals surface area (Å²) in [6.45, 7) is 4.82. The number of benzene rings is 1. The largest absolute Gasteiger partial charge is 0.383 e. The summed E-state index contributed by atoms with van der Waals surface area (Å²) in [5.41, 5.74) is 2.61. The minimum Gasteiger partial charge on any atom is -0.383 e. The average molecular weight is 270 g/mol. The van der Waals surface area contributed by atoms with Gasteiger partial charge in [-0.1, -0.05) is 24.3 Å². The molecule has 0 saturated carbocycles. The molecule has 0 fully saturated rings. The third-order valence-electron chi connectivity index (χ3n) is 3.36. The summed E-state index contributed by atoms with van der Waals surface area (Å²) in [5, 5.41) is 5.81. The molecular weight excluding hydrogens is 248 g/mol. The van der Waals surface area contributed by atoms with Crippen molar-refractivity contribution < 1.29 is 4.74 Å². The Bertz CT molecular complexity index is 573. The van der Waals surface area contributed by atoms with Crippen LogP contribution in [0.1, 0.15) is 18.9 Å². The molecule has 0 amide bonds.